The molecule has 10 heteroatoms. The molecule has 33 heavy (non-hydrogen) atoms. The minimum atomic E-state index is -1.32. The lowest BCUT2D eigenvalue weighted by atomic mass is 10.0. The molecule has 3 aromatic rings. The van der Waals surface area contributed by atoms with Crippen LogP contribution in [0.5, 0.6) is 0 Å². The number of nitrogens with zero attached hydrogens (tertiary/aromatic N) is 4. The molecule has 3 atom stereocenters. The van der Waals surface area contributed by atoms with Crippen molar-refractivity contribution in [3.05, 3.63) is 77.0 Å². The zero-order valence-corrected chi connectivity index (χ0v) is 18.9. The van der Waals surface area contributed by atoms with E-state index in [1.807, 2.05) is 6.92 Å². The Labute approximate surface area is 196 Å². The van der Waals surface area contributed by atoms with Crippen molar-refractivity contribution in [2.75, 3.05) is 5.32 Å². The summed E-state index contributed by atoms with van der Waals surface area (Å²) in [6.07, 6.45) is 10.8. The van der Waals surface area contributed by atoms with Gasteiger partial charge in [-0.15, -0.1) is 0 Å². The molecule has 1 aliphatic rings. The van der Waals surface area contributed by atoms with Crippen LogP contribution < -0.4 is 16.4 Å². The first-order valence-electron chi connectivity index (χ1n) is 10.7. The molecule has 0 fully saturated rings. The first kappa shape index (κ1) is 22.9. The van der Waals surface area contributed by atoms with E-state index in [1.165, 1.54) is 6.33 Å². The van der Waals surface area contributed by atoms with E-state index in [1.54, 1.807) is 41.2 Å². The Balaban J connectivity index is 1.51. The number of imidazole rings is 1. The molecule has 0 aliphatic heterocycles. The normalized spacial score (nSPS) is 17.4. The number of amides is 1. The standard InChI is InChI=1S/C23H26ClN7O2/c1-14-11-26-23(28-17-8-3-2-4-9-17)30-21(14)31-12-18(27-13-31)22(33)29-19(20(25)32)15-6-5-7-16(24)10-15/h2-3,5-7,10-13,17,19-20,32H,4,8-9,25H2,1H3,(H,29,33)(H,26,28,30)/t17?,19-,20-/m0/s1. The number of allylic oxidation sites excluding steroid dienone is 1. The quantitative estimate of drug-likeness (QED) is 0.310. The monoisotopic (exact) mass is 467 g/mol. The zero-order valence-electron chi connectivity index (χ0n) is 18.1. The maximum Gasteiger partial charge on any atom is 0.272 e. The van der Waals surface area contributed by atoms with E-state index < -0.39 is 18.2 Å². The molecule has 9 nitrogen and oxygen atoms in total. The molecule has 0 spiro atoms. The number of hydrogen-bond acceptors (Lipinski definition) is 7. The predicted octanol–water partition coefficient (Wildman–Crippen LogP) is 2.89. The molecule has 1 amide bonds. The van der Waals surface area contributed by atoms with Gasteiger partial charge in [-0.25, -0.2) is 9.97 Å². The van der Waals surface area contributed by atoms with E-state index in [-0.39, 0.29) is 5.69 Å². The number of aliphatic hydroxyl groups excluding tert-OH is 1. The molecule has 0 bridgehead atoms. The maximum absolute atomic E-state index is 12.8. The number of aryl methyl sites for hydroxylation is 1. The van der Waals surface area contributed by atoms with Crippen LogP contribution in [0.1, 0.15) is 46.9 Å². The summed E-state index contributed by atoms with van der Waals surface area (Å²) in [5, 5.41) is 16.6. The van der Waals surface area contributed by atoms with E-state index in [0.717, 1.165) is 24.8 Å². The molecule has 1 aromatic carbocycles. The van der Waals surface area contributed by atoms with Crippen LogP contribution in [0.15, 0.2) is 55.1 Å². The van der Waals surface area contributed by atoms with Crippen molar-refractivity contribution < 1.29 is 9.90 Å². The first-order valence-corrected chi connectivity index (χ1v) is 11.1. The predicted molar refractivity (Wildman–Crippen MR) is 126 cm³/mol. The smallest absolute Gasteiger partial charge is 0.272 e. The van der Waals surface area contributed by atoms with Gasteiger partial charge in [-0.2, -0.15) is 4.98 Å². The van der Waals surface area contributed by atoms with Gasteiger partial charge in [-0.3, -0.25) is 9.36 Å². The summed E-state index contributed by atoms with van der Waals surface area (Å²) in [4.78, 5) is 26.1. The van der Waals surface area contributed by atoms with Crippen molar-refractivity contribution in [1.82, 2.24) is 24.8 Å². The molecular formula is C23H26ClN7O2. The highest BCUT2D eigenvalue weighted by Gasteiger charge is 2.23. The molecule has 4 rings (SSSR count). The Hall–Kier alpha value is -3.27. The third kappa shape index (κ3) is 5.57. The topological polar surface area (TPSA) is 131 Å². The number of carbonyl (C=O) groups excluding carboxylic acids is 1. The van der Waals surface area contributed by atoms with Crippen molar-refractivity contribution >= 4 is 23.5 Å². The van der Waals surface area contributed by atoms with Crippen molar-refractivity contribution in [2.24, 2.45) is 5.73 Å². The van der Waals surface area contributed by atoms with Gasteiger partial charge in [0.15, 0.2) is 0 Å². The van der Waals surface area contributed by atoms with Gasteiger partial charge in [-0.05, 0) is 43.9 Å². The van der Waals surface area contributed by atoms with Crippen molar-refractivity contribution in [3.63, 3.8) is 0 Å². The van der Waals surface area contributed by atoms with Crippen molar-refractivity contribution in [2.45, 2.75) is 44.5 Å². The van der Waals surface area contributed by atoms with E-state index in [0.29, 0.717) is 28.4 Å². The second-order valence-electron chi connectivity index (χ2n) is 7.99. The molecule has 2 aromatic heterocycles. The Morgan fingerprint density at radius 1 is 1.33 bits per heavy atom. The molecule has 172 valence electrons. The second kappa shape index (κ2) is 10.1. The highest BCUT2D eigenvalue weighted by Crippen LogP contribution is 2.21. The summed E-state index contributed by atoms with van der Waals surface area (Å²) in [6, 6.07) is 6.24. The number of carbonyl (C=O) groups is 1. The van der Waals surface area contributed by atoms with Crippen LogP contribution in [-0.2, 0) is 0 Å². The average molecular weight is 468 g/mol. The third-order valence-electron chi connectivity index (χ3n) is 5.44. The number of halogens is 1. The van der Waals surface area contributed by atoms with E-state index >= 15 is 0 Å². The lowest BCUT2D eigenvalue weighted by molar-refractivity contribution is 0.0837. The Morgan fingerprint density at radius 3 is 2.91 bits per heavy atom. The summed E-state index contributed by atoms with van der Waals surface area (Å²) in [5.74, 6) is 0.667. The van der Waals surface area contributed by atoms with Gasteiger partial charge in [0.05, 0.1) is 6.04 Å². The molecule has 0 saturated carbocycles. The Morgan fingerprint density at radius 2 is 2.18 bits per heavy atom. The van der Waals surface area contributed by atoms with Gasteiger partial charge in [0.25, 0.3) is 5.91 Å². The third-order valence-corrected chi connectivity index (χ3v) is 5.68. The molecular weight excluding hydrogens is 442 g/mol. The first-order chi connectivity index (χ1) is 15.9. The molecule has 2 heterocycles. The fourth-order valence-electron chi connectivity index (χ4n) is 3.71. The van der Waals surface area contributed by atoms with Gasteiger partial charge in [0, 0.05) is 29.0 Å². The summed E-state index contributed by atoms with van der Waals surface area (Å²) in [6.45, 7) is 1.89. The Bertz CT molecular complexity index is 1160. The fourth-order valence-corrected chi connectivity index (χ4v) is 3.91. The number of benzene rings is 1. The highest BCUT2D eigenvalue weighted by molar-refractivity contribution is 6.30. The number of nitrogens with two attached hydrogens (primary N) is 1. The minimum Gasteiger partial charge on any atom is -0.376 e. The molecule has 1 aliphatic carbocycles. The van der Waals surface area contributed by atoms with Crippen LogP contribution in [0.4, 0.5) is 5.95 Å². The van der Waals surface area contributed by atoms with Gasteiger partial charge in [-0.1, -0.05) is 35.9 Å². The maximum atomic E-state index is 12.8. The zero-order chi connectivity index (χ0) is 23.4. The SMILES string of the molecule is Cc1cnc(NC2CC=CCC2)nc1-n1cnc(C(=O)N[C@@H](c2cccc(Cl)c2)[C@@H](N)O)c1. The summed E-state index contributed by atoms with van der Waals surface area (Å²) < 4.78 is 1.67. The minimum absolute atomic E-state index is 0.160. The molecule has 0 radical (unpaired) electrons. The number of rotatable bonds is 7. The van der Waals surface area contributed by atoms with Crippen LogP contribution >= 0.6 is 11.6 Å². The lowest BCUT2D eigenvalue weighted by Crippen LogP contribution is -2.40. The van der Waals surface area contributed by atoms with Crippen molar-refractivity contribution in [1.29, 1.82) is 0 Å². The largest absolute Gasteiger partial charge is 0.376 e. The number of anilines is 1. The van der Waals surface area contributed by atoms with Gasteiger partial charge in [0.2, 0.25) is 5.95 Å². The fraction of sp³-hybridized carbons (Fsp3) is 0.304. The van der Waals surface area contributed by atoms with Gasteiger partial charge >= 0.3 is 0 Å². The highest BCUT2D eigenvalue weighted by atomic mass is 35.5. The van der Waals surface area contributed by atoms with E-state index in [4.69, 9.17) is 17.3 Å². The average Bonchev–Trinajstić information content (AvgIpc) is 3.29. The summed E-state index contributed by atoms with van der Waals surface area (Å²) in [5.41, 5.74) is 7.28. The van der Waals surface area contributed by atoms with Crippen molar-refractivity contribution in [3.8, 4) is 5.82 Å². The van der Waals surface area contributed by atoms with E-state index in [2.05, 4.69) is 37.7 Å². The van der Waals surface area contributed by atoms with Gasteiger partial charge in [0.1, 0.15) is 24.1 Å². The van der Waals surface area contributed by atoms with Gasteiger partial charge < -0.3 is 21.5 Å². The van der Waals surface area contributed by atoms with Crippen LogP contribution in [-0.4, -0.2) is 42.8 Å². The van der Waals surface area contributed by atoms with Crippen LogP contribution in [0.3, 0.4) is 0 Å². The Kier molecular flexibility index (Phi) is 7.02. The summed E-state index contributed by atoms with van der Waals surface area (Å²) in [7, 11) is 0. The van der Waals surface area contributed by atoms with Crippen LogP contribution in [0.2, 0.25) is 5.02 Å². The van der Waals surface area contributed by atoms with Crippen LogP contribution in [0, 0.1) is 6.92 Å². The second-order valence-corrected chi connectivity index (χ2v) is 8.43. The van der Waals surface area contributed by atoms with Crippen LogP contribution in [0.25, 0.3) is 5.82 Å². The number of nitrogens with one attached hydrogen (secondary N) is 2. The lowest BCUT2D eigenvalue weighted by Gasteiger charge is -2.21. The number of aromatic nitrogens is 4. The number of aliphatic hydroxyl groups is 1. The molecule has 0 saturated heterocycles. The molecule has 5 N–H and O–H groups in total. The molecule has 1 unspecified atom stereocenters. The number of hydrogen-bond donors (Lipinski definition) is 4. The van der Waals surface area contributed by atoms with E-state index in [9.17, 15) is 9.90 Å². The summed E-state index contributed by atoms with van der Waals surface area (Å²) >= 11 is 6.04.